The summed E-state index contributed by atoms with van der Waals surface area (Å²) in [6, 6.07) is 15.0. The molecule has 0 amide bonds. The summed E-state index contributed by atoms with van der Waals surface area (Å²) < 4.78 is 52.1. The summed E-state index contributed by atoms with van der Waals surface area (Å²) in [6.07, 6.45) is 2.07. The van der Waals surface area contributed by atoms with Crippen LogP contribution in [0.15, 0.2) is 64.4 Å². The predicted octanol–water partition coefficient (Wildman–Crippen LogP) is 3.47. The van der Waals surface area contributed by atoms with E-state index in [2.05, 4.69) is 0 Å². The molecule has 0 spiro atoms. The van der Waals surface area contributed by atoms with E-state index in [1.807, 2.05) is 37.3 Å². The largest absolute Gasteiger partial charge is 0.243 e. The van der Waals surface area contributed by atoms with Crippen molar-refractivity contribution in [2.24, 2.45) is 5.92 Å². The van der Waals surface area contributed by atoms with Gasteiger partial charge in [0, 0.05) is 12.6 Å². The smallest absolute Gasteiger partial charge is 0.224 e. The summed E-state index contributed by atoms with van der Waals surface area (Å²) in [5.41, 5.74) is 0.929. The normalized spacial score (nSPS) is 16.4. The van der Waals surface area contributed by atoms with Crippen LogP contribution >= 0.6 is 0 Å². The molecule has 1 fully saturated rings. The van der Waals surface area contributed by atoms with Crippen molar-refractivity contribution < 1.29 is 16.8 Å². The number of sulfone groups is 1. The molecule has 3 rings (SSSR count). The van der Waals surface area contributed by atoms with Gasteiger partial charge in [-0.15, -0.1) is 0 Å². The van der Waals surface area contributed by atoms with Gasteiger partial charge in [-0.05, 0) is 55.5 Å². The first kappa shape index (κ1) is 20.0. The Balaban J connectivity index is 1.94. The fourth-order valence-electron chi connectivity index (χ4n) is 3.15. The molecule has 5 nitrogen and oxygen atoms in total. The van der Waals surface area contributed by atoms with Crippen LogP contribution in [0.4, 0.5) is 0 Å². The monoisotopic (exact) mass is 407 g/mol. The Morgan fingerprint density at radius 1 is 0.926 bits per heavy atom. The first-order valence-corrected chi connectivity index (χ1v) is 12.2. The third-order valence-corrected chi connectivity index (χ3v) is 8.81. The van der Waals surface area contributed by atoms with Crippen molar-refractivity contribution in [3.05, 3.63) is 60.2 Å². The summed E-state index contributed by atoms with van der Waals surface area (Å²) >= 11 is 0. The van der Waals surface area contributed by atoms with Gasteiger partial charge < -0.3 is 0 Å². The second-order valence-corrected chi connectivity index (χ2v) is 11.2. The quantitative estimate of drug-likeness (QED) is 0.672. The van der Waals surface area contributed by atoms with Crippen LogP contribution in [0.25, 0.3) is 0 Å². The van der Waals surface area contributed by atoms with Crippen LogP contribution < -0.4 is 0 Å². The van der Waals surface area contributed by atoms with Crippen molar-refractivity contribution in [1.29, 1.82) is 0 Å². The SMILES string of the molecule is CCS(=O)(=O)c1ccc(S(=O)(=O)N(Cc2ccccc2)C(C)C2CC2)cc1. The Morgan fingerprint density at radius 2 is 1.48 bits per heavy atom. The first-order chi connectivity index (χ1) is 12.8. The lowest BCUT2D eigenvalue weighted by Gasteiger charge is -2.28. The molecule has 0 aromatic heterocycles. The molecular weight excluding hydrogens is 382 g/mol. The van der Waals surface area contributed by atoms with Gasteiger partial charge in [-0.3, -0.25) is 0 Å². The average Bonchev–Trinajstić information content (AvgIpc) is 3.51. The summed E-state index contributed by atoms with van der Waals surface area (Å²) in [5.74, 6) is 0.362. The standard InChI is InChI=1S/C20H25NO4S2/c1-3-26(22,23)19-11-13-20(14-12-19)27(24,25)21(16(2)18-9-10-18)15-17-7-5-4-6-8-17/h4-8,11-14,16,18H,3,9-10,15H2,1-2H3. The second-order valence-electron chi connectivity index (χ2n) is 6.99. The average molecular weight is 408 g/mol. The minimum Gasteiger partial charge on any atom is -0.224 e. The summed E-state index contributed by atoms with van der Waals surface area (Å²) in [6.45, 7) is 3.82. The highest BCUT2D eigenvalue weighted by Gasteiger charge is 2.38. The fourth-order valence-corrected chi connectivity index (χ4v) is 5.71. The number of hydrogen-bond acceptors (Lipinski definition) is 4. The minimum atomic E-state index is -3.73. The van der Waals surface area contributed by atoms with Gasteiger partial charge in [-0.1, -0.05) is 37.3 Å². The minimum absolute atomic E-state index is 0.0159. The van der Waals surface area contributed by atoms with Crippen molar-refractivity contribution in [3.8, 4) is 0 Å². The van der Waals surface area contributed by atoms with E-state index in [1.54, 1.807) is 11.2 Å². The van der Waals surface area contributed by atoms with Gasteiger partial charge in [0.2, 0.25) is 10.0 Å². The molecule has 1 atom stereocenters. The molecule has 2 aromatic rings. The van der Waals surface area contributed by atoms with Crippen LogP contribution in [-0.4, -0.2) is 32.9 Å². The Kier molecular flexibility index (Phi) is 5.74. The van der Waals surface area contributed by atoms with Crippen molar-refractivity contribution in [3.63, 3.8) is 0 Å². The van der Waals surface area contributed by atoms with Gasteiger partial charge in [-0.25, -0.2) is 16.8 Å². The van der Waals surface area contributed by atoms with Crippen LogP contribution in [-0.2, 0) is 26.4 Å². The topological polar surface area (TPSA) is 71.5 Å². The fraction of sp³-hybridized carbons (Fsp3) is 0.400. The van der Waals surface area contributed by atoms with Crippen molar-refractivity contribution in [1.82, 2.24) is 4.31 Å². The van der Waals surface area contributed by atoms with Gasteiger partial charge in [0.15, 0.2) is 9.84 Å². The lowest BCUT2D eigenvalue weighted by atomic mass is 10.2. The van der Waals surface area contributed by atoms with Crippen LogP contribution in [0.5, 0.6) is 0 Å². The van der Waals surface area contributed by atoms with Gasteiger partial charge >= 0.3 is 0 Å². The highest BCUT2D eigenvalue weighted by molar-refractivity contribution is 7.91. The Morgan fingerprint density at radius 3 is 2.00 bits per heavy atom. The summed E-state index contributed by atoms with van der Waals surface area (Å²) in [5, 5.41) is 0. The van der Waals surface area contributed by atoms with E-state index in [9.17, 15) is 16.8 Å². The van der Waals surface area contributed by atoms with Crippen molar-refractivity contribution in [2.75, 3.05) is 5.75 Å². The van der Waals surface area contributed by atoms with Crippen LogP contribution in [0.3, 0.4) is 0 Å². The molecule has 1 saturated carbocycles. The molecular formula is C20H25NO4S2. The number of nitrogens with zero attached hydrogens (tertiary/aromatic N) is 1. The van der Waals surface area contributed by atoms with E-state index in [0.29, 0.717) is 12.5 Å². The number of sulfonamides is 1. The molecule has 7 heteroatoms. The van der Waals surface area contributed by atoms with E-state index >= 15 is 0 Å². The van der Waals surface area contributed by atoms with Gasteiger partial charge in [-0.2, -0.15) is 4.31 Å². The summed E-state index contributed by atoms with van der Waals surface area (Å²) in [7, 11) is -7.09. The van der Waals surface area contributed by atoms with Gasteiger partial charge in [0.1, 0.15) is 0 Å². The molecule has 0 aliphatic heterocycles. The number of rotatable bonds is 8. The molecule has 2 aromatic carbocycles. The van der Waals surface area contributed by atoms with Gasteiger partial charge in [0.05, 0.1) is 15.5 Å². The zero-order valence-electron chi connectivity index (χ0n) is 15.6. The van der Waals surface area contributed by atoms with Crippen LogP contribution in [0.2, 0.25) is 0 Å². The zero-order valence-corrected chi connectivity index (χ0v) is 17.2. The van der Waals surface area contributed by atoms with E-state index in [0.717, 1.165) is 18.4 Å². The molecule has 1 unspecified atom stereocenters. The molecule has 146 valence electrons. The molecule has 0 N–H and O–H groups in total. The molecule has 0 radical (unpaired) electrons. The maximum absolute atomic E-state index is 13.3. The van der Waals surface area contributed by atoms with E-state index in [4.69, 9.17) is 0 Å². The highest BCUT2D eigenvalue weighted by atomic mass is 32.2. The number of benzene rings is 2. The second kappa shape index (κ2) is 7.73. The Bertz CT molecular complexity index is 980. The molecule has 1 aliphatic rings. The summed E-state index contributed by atoms with van der Waals surface area (Å²) in [4.78, 5) is 0.273. The van der Waals surface area contributed by atoms with E-state index in [-0.39, 0.29) is 21.6 Å². The zero-order chi connectivity index (χ0) is 19.7. The first-order valence-electron chi connectivity index (χ1n) is 9.14. The molecule has 0 saturated heterocycles. The lowest BCUT2D eigenvalue weighted by Crippen LogP contribution is -2.39. The molecule has 27 heavy (non-hydrogen) atoms. The maximum atomic E-state index is 13.3. The third kappa shape index (κ3) is 4.42. The highest BCUT2D eigenvalue weighted by Crippen LogP contribution is 2.38. The third-order valence-electron chi connectivity index (χ3n) is 5.11. The maximum Gasteiger partial charge on any atom is 0.243 e. The molecule has 0 bridgehead atoms. The molecule has 1 aliphatic carbocycles. The van der Waals surface area contributed by atoms with Crippen molar-refractivity contribution >= 4 is 19.9 Å². The Hall–Kier alpha value is -1.70. The van der Waals surface area contributed by atoms with E-state index in [1.165, 1.54) is 24.3 Å². The predicted molar refractivity (Wildman–Crippen MR) is 106 cm³/mol. The number of hydrogen-bond donors (Lipinski definition) is 0. The van der Waals surface area contributed by atoms with E-state index < -0.39 is 19.9 Å². The van der Waals surface area contributed by atoms with Crippen LogP contribution in [0.1, 0.15) is 32.3 Å². The molecule has 0 heterocycles. The van der Waals surface area contributed by atoms with Gasteiger partial charge in [0.25, 0.3) is 0 Å². The van der Waals surface area contributed by atoms with Crippen molar-refractivity contribution in [2.45, 2.75) is 49.1 Å². The lowest BCUT2D eigenvalue weighted by molar-refractivity contribution is 0.303. The van der Waals surface area contributed by atoms with Crippen LogP contribution in [0, 0.1) is 5.92 Å². The Labute approximate surface area is 162 Å².